The molecule has 0 bridgehead atoms. The first-order valence-corrected chi connectivity index (χ1v) is 10.2. The third kappa shape index (κ3) is 4.17. The van der Waals surface area contributed by atoms with Gasteiger partial charge in [0, 0.05) is 17.5 Å². The van der Waals surface area contributed by atoms with E-state index in [0.29, 0.717) is 12.8 Å². The largest absolute Gasteiger partial charge is 0.369 e. The van der Waals surface area contributed by atoms with Crippen LogP contribution in [0.3, 0.4) is 0 Å². The number of nitrogens with zero attached hydrogens (tertiary/aromatic N) is 2. The van der Waals surface area contributed by atoms with Gasteiger partial charge < -0.3 is 5.73 Å². The molecule has 146 valence electrons. The molecule has 3 rings (SSSR count). The van der Waals surface area contributed by atoms with Crippen LogP contribution >= 0.6 is 12.4 Å². The van der Waals surface area contributed by atoms with Gasteiger partial charge in [-0.2, -0.15) is 5.10 Å². The summed E-state index contributed by atoms with van der Waals surface area (Å²) in [7, 11) is -3.42. The minimum absolute atomic E-state index is 0. The van der Waals surface area contributed by atoms with Crippen LogP contribution in [-0.4, -0.2) is 30.3 Å². The number of rotatable bonds is 3. The van der Waals surface area contributed by atoms with E-state index in [1.54, 1.807) is 6.20 Å². The average molecular weight is 410 g/mol. The summed E-state index contributed by atoms with van der Waals surface area (Å²) in [5.41, 5.74) is 13.3. The SMILES string of the molecule is Cc1ccccc1C1C/C(=N\NC(=N)N)c2c(C)cn(S(C)(=O)=O)c2C1.Cl. The maximum atomic E-state index is 12.3. The average Bonchev–Trinajstić information content (AvgIpc) is 2.90. The number of hydrogen-bond acceptors (Lipinski definition) is 4. The van der Waals surface area contributed by atoms with Crippen molar-refractivity contribution in [2.24, 2.45) is 10.8 Å². The fourth-order valence-electron chi connectivity index (χ4n) is 3.67. The van der Waals surface area contributed by atoms with Gasteiger partial charge in [-0.1, -0.05) is 24.3 Å². The van der Waals surface area contributed by atoms with Gasteiger partial charge in [0.2, 0.25) is 16.0 Å². The van der Waals surface area contributed by atoms with Crippen molar-refractivity contribution < 1.29 is 8.42 Å². The zero-order chi connectivity index (χ0) is 19.1. The standard InChI is InChI=1S/C18H23N5O2S.ClH/c1-11-6-4-5-7-14(11)13-8-15(21-22-18(19)20)17-12(2)10-23(16(17)9-13)26(3,24)25;/h4-7,10,13H,8-9H2,1-3H3,(H4,19,20,22);1H/b21-15+;. The van der Waals surface area contributed by atoms with Crippen LogP contribution in [0.2, 0.25) is 0 Å². The summed E-state index contributed by atoms with van der Waals surface area (Å²) < 4.78 is 25.9. The minimum atomic E-state index is -3.42. The summed E-state index contributed by atoms with van der Waals surface area (Å²) in [6.07, 6.45) is 4.10. The van der Waals surface area contributed by atoms with Crippen molar-refractivity contribution >= 4 is 34.1 Å². The van der Waals surface area contributed by atoms with Gasteiger partial charge in [0.15, 0.2) is 0 Å². The minimum Gasteiger partial charge on any atom is -0.369 e. The molecule has 1 unspecified atom stereocenters. The van der Waals surface area contributed by atoms with Gasteiger partial charge in [-0.25, -0.2) is 17.8 Å². The lowest BCUT2D eigenvalue weighted by atomic mass is 9.80. The maximum Gasteiger partial charge on any atom is 0.235 e. The monoisotopic (exact) mass is 409 g/mol. The summed E-state index contributed by atoms with van der Waals surface area (Å²) in [5, 5.41) is 11.7. The highest BCUT2D eigenvalue weighted by molar-refractivity contribution is 7.89. The molecule has 0 spiro atoms. The van der Waals surface area contributed by atoms with E-state index in [0.717, 1.165) is 28.1 Å². The Morgan fingerprint density at radius 2 is 1.93 bits per heavy atom. The Morgan fingerprint density at radius 3 is 2.52 bits per heavy atom. The molecule has 27 heavy (non-hydrogen) atoms. The first kappa shape index (κ1) is 21.0. The van der Waals surface area contributed by atoms with Gasteiger partial charge in [0.1, 0.15) is 0 Å². The van der Waals surface area contributed by atoms with Crippen LogP contribution in [0.1, 0.15) is 40.3 Å². The van der Waals surface area contributed by atoms with E-state index in [-0.39, 0.29) is 24.3 Å². The smallest absolute Gasteiger partial charge is 0.235 e. The zero-order valence-corrected chi connectivity index (χ0v) is 17.1. The second-order valence-electron chi connectivity index (χ2n) is 6.74. The molecular weight excluding hydrogens is 386 g/mol. The molecule has 1 aliphatic rings. The normalized spacial score (nSPS) is 17.9. The van der Waals surface area contributed by atoms with Crippen LogP contribution in [0.5, 0.6) is 0 Å². The van der Waals surface area contributed by atoms with Crippen LogP contribution in [0.15, 0.2) is 35.6 Å². The summed E-state index contributed by atoms with van der Waals surface area (Å²) in [6, 6.07) is 8.10. The molecule has 0 saturated heterocycles. The first-order valence-electron chi connectivity index (χ1n) is 8.32. The number of halogens is 1. The number of fused-ring (bicyclic) bond motifs is 1. The fraction of sp³-hybridized carbons (Fsp3) is 0.333. The Kier molecular flexibility index (Phi) is 6.01. The number of aromatic nitrogens is 1. The third-order valence-corrected chi connectivity index (χ3v) is 5.77. The molecule has 2 aromatic rings. The molecular formula is C18H24ClN5O2S. The zero-order valence-electron chi connectivity index (χ0n) is 15.5. The maximum absolute atomic E-state index is 12.3. The van der Waals surface area contributed by atoms with Crippen molar-refractivity contribution in [1.29, 1.82) is 5.41 Å². The van der Waals surface area contributed by atoms with E-state index < -0.39 is 10.0 Å². The van der Waals surface area contributed by atoms with Crippen molar-refractivity contribution in [3.8, 4) is 0 Å². The van der Waals surface area contributed by atoms with Gasteiger partial charge in [-0.05, 0) is 49.3 Å². The Balaban J connectivity index is 0.00000261. The molecule has 7 nitrogen and oxygen atoms in total. The molecule has 1 aromatic heterocycles. The Bertz CT molecular complexity index is 1010. The lowest BCUT2D eigenvalue weighted by molar-refractivity contribution is 0.587. The molecule has 0 amide bonds. The number of hydrogen-bond donors (Lipinski definition) is 3. The highest BCUT2D eigenvalue weighted by Crippen LogP contribution is 2.37. The van der Waals surface area contributed by atoms with E-state index in [2.05, 4.69) is 29.6 Å². The molecule has 1 aromatic carbocycles. The quantitative estimate of drug-likeness (QED) is 0.409. The van der Waals surface area contributed by atoms with Crippen LogP contribution in [0, 0.1) is 19.3 Å². The molecule has 4 N–H and O–H groups in total. The van der Waals surface area contributed by atoms with E-state index in [4.69, 9.17) is 11.1 Å². The second kappa shape index (κ2) is 7.74. The van der Waals surface area contributed by atoms with Crippen molar-refractivity contribution in [1.82, 2.24) is 9.40 Å². The van der Waals surface area contributed by atoms with Crippen LogP contribution in [-0.2, 0) is 16.4 Å². The molecule has 0 saturated carbocycles. The number of hydrazone groups is 1. The van der Waals surface area contributed by atoms with Crippen LogP contribution < -0.4 is 11.2 Å². The number of aryl methyl sites for hydroxylation is 2. The number of nitrogens with two attached hydrogens (primary N) is 1. The topological polar surface area (TPSA) is 113 Å². The molecule has 0 radical (unpaired) electrons. The van der Waals surface area contributed by atoms with E-state index >= 15 is 0 Å². The highest BCUT2D eigenvalue weighted by Gasteiger charge is 2.32. The van der Waals surface area contributed by atoms with Crippen molar-refractivity contribution in [2.45, 2.75) is 32.6 Å². The van der Waals surface area contributed by atoms with Crippen LogP contribution in [0.4, 0.5) is 0 Å². The first-order chi connectivity index (χ1) is 12.2. The van der Waals surface area contributed by atoms with Gasteiger partial charge in [0.25, 0.3) is 0 Å². The number of guanidine groups is 1. The lowest BCUT2D eigenvalue weighted by Crippen LogP contribution is -2.30. The van der Waals surface area contributed by atoms with Crippen LogP contribution in [0.25, 0.3) is 0 Å². The molecule has 1 atom stereocenters. The van der Waals surface area contributed by atoms with Crippen molar-refractivity contribution in [3.63, 3.8) is 0 Å². The summed E-state index contributed by atoms with van der Waals surface area (Å²) >= 11 is 0. The Morgan fingerprint density at radius 1 is 1.26 bits per heavy atom. The van der Waals surface area contributed by atoms with E-state index in [9.17, 15) is 8.42 Å². The predicted molar refractivity (Wildman–Crippen MR) is 110 cm³/mol. The number of benzene rings is 1. The highest BCUT2D eigenvalue weighted by atomic mass is 35.5. The third-order valence-electron chi connectivity index (χ3n) is 4.72. The molecule has 0 fully saturated rings. The van der Waals surface area contributed by atoms with Crippen molar-refractivity contribution in [3.05, 3.63) is 58.4 Å². The van der Waals surface area contributed by atoms with Crippen molar-refractivity contribution in [2.75, 3.05) is 6.26 Å². The van der Waals surface area contributed by atoms with E-state index in [1.165, 1.54) is 15.8 Å². The molecule has 9 heteroatoms. The second-order valence-corrected chi connectivity index (χ2v) is 8.60. The summed E-state index contributed by atoms with van der Waals surface area (Å²) in [5.74, 6) is -0.150. The van der Waals surface area contributed by atoms with Gasteiger partial charge in [-0.3, -0.25) is 5.41 Å². The fourth-order valence-corrected chi connectivity index (χ4v) is 4.59. The Hall–Kier alpha value is -2.32. The molecule has 1 heterocycles. The van der Waals surface area contributed by atoms with Gasteiger partial charge in [0.05, 0.1) is 12.0 Å². The number of nitrogens with one attached hydrogen (secondary N) is 2. The lowest BCUT2D eigenvalue weighted by Gasteiger charge is -2.27. The molecule has 0 aliphatic heterocycles. The summed E-state index contributed by atoms with van der Waals surface area (Å²) in [4.78, 5) is 0. The Labute approximate surface area is 165 Å². The van der Waals surface area contributed by atoms with Gasteiger partial charge >= 0.3 is 0 Å². The van der Waals surface area contributed by atoms with E-state index in [1.807, 2.05) is 19.1 Å². The van der Waals surface area contributed by atoms with Gasteiger partial charge in [-0.15, -0.1) is 12.4 Å². The molecule has 1 aliphatic carbocycles. The predicted octanol–water partition coefficient (Wildman–Crippen LogP) is 2.25. The summed E-state index contributed by atoms with van der Waals surface area (Å²) in [6.45, 7) is 3.92.